The summed E-state index contributed by atoms with van der Waals surface area (Å²) in [5.41, 5.74) is -3.02. The summed E-state index contributed by atoms with van der Waals surface area (Å²) in [6.07, 6.45) is 3.26. The second-order valence-electron chi connectivity index (χ2n) is 13.0. The first kappa shape index (κ1) is 29.1. The molecule has 3 aliphatic carbocycles. The Morgan fingerprint density at radius 1 is 1.10 bits per heavy atom. The summed E-state index contributed by atoms with van der Waals surface area (Å²) >= 11 is 0. The van der Waals surface area contributed by atoms with Crippen molar-refractivity contribution in [2.45, 2.75) is 83.3 Å². The van der Waals surface area contributed by atoms with Crippen molar-refractivity contribution >= 4 is 21.5 Å². The maximum Gasteiger partial charge on any atom is 0.269 e. The van der Waals surface area contributed by atoms with Crippen molar-refractivity contribution in [1.82, 2.24) is 4.72 Å². The largest absolute Gasteiger partial charge is 0.383 e. The van der Waals surface area contributed by atoms with Gasteiger partial charge in [0.2, 0.25) is 10.0 Å². The molecule has 2 N–H and O–H groups in total. The summed E-state index contributed by atoms with van der Waals surface area (Å²) in [5.74, 6) is -2.02. The molecule has 2 bridgehead atoms. The molecule has 0 amide bonds. The quantitative estimate of drug-likeness (QED) is 0.313. The number of carbonyl (C=O) groups excluding carboxylic acids is 1. The highest BCUT2D eigenvalue weighted by Crippen LogP contribution is 2.63. The molecule has 1 spiro atoms. The molecule has 11 heteroatoms. The summed E-state index contributed by atoms with van der Waals surface area (Å²) in [5, 5.41) is 24.2. The number of nitro benzene ring substituents is 1. The van der Waals surface area contributed by atoms with Crippen LogP contribution in [0.3, 0.4) is 0 Å². The fraction of sp³-hybridized carbons (Fsp3) is 0.621. The molecule has 0 radical (unpaired) electrons. The average Bonchev–Trinajstić information content (AvgIpc) is 3.02. The van der Waals surface area contributed by atoms with Gasteiger partial charge in [0.05, 0.1) is 27.9 Å². The maximum atomic E-state index is 14.8. The second kappa shape index (κ2) is 9.03. The van der Waals surface area contributed by atoms with Crippen LogP contribution in [0.25, 0.3) is 0 Å². The Morgan fingerprint density at radius 3 is 2.33 bits per heavy atom. The van der Waals surface area contributed by atoms with Crippen LogP contribution in [-0.2, 0) is 24.3 Å². The molecule has 10 nitrogen and oxygen atoms in total. The molecule has 1 aromatic rings. The molecular formula is C29H38N2O8S. The van der Waals surface area contributed by atoms with Crippen LogP contribution in [0, 0.1) is 38.7 Å². The number of sulfonamides is 1. The third-order valence-corrected chi connectivity index (χ3v) is 11.4. The lowest BCUT2D eigenvalue weighted by Gasteiger charge is -2.53. The monoisotopic (exact) mass is 574 g/mol. The molecule has 1 saturated heterocycles. The van der Waals surface area contributed by atoms with E-state index in [1.165, 1.54) is 0 Å². The van der Waals surface area contributed by atoms with Crippen molar-refractivity contribution < 1.29 is 32.7 Å². The van der Waals surface area contributed by atoms with E-state index in [4.69, 9.17) is 9.47 Å². The van der Waals surface area contributed by atoms with Crippen LogP contribution >= 0.6 is 0 Å². The highest BCUT2D eigenvalue weighted by molar-refractivity contribution is 7.89. The van der Waals surface area contributed by atoms with Gasteiger partial charge in [0.1, 0.15) is 11.7 Å². The number of nitro groups is 1. The molecule has 40 heavy (non-hydrogen) atoms. The van der Waals surface area contributed by atoms with Gasteiger partial charge in [-0.15, -0.1) is 0 Å². The maximum absolute atomic E-state index is 14.8. The van der Waals surface area contributed by atoms with Gasteiger partial charge < -0.3 is 14.6 Å². The Morgan fingerprint density at radius 2 is 1.73 bits per heavy atom. The first-order valence-corrected chi connectivity index (χ1v) is 15.1. The average molecular weight is 575 g/mol. The summed E-state index contributed by atoms with van der Waals surface area (Å²) in [4.78, 5) is 25.1. The molecule has 7 atom stereocenters. The molecule has 4 aliphatic rings. The SMILES string of the molecule is CC1=C[C@]23C(=O)[C@@H](C=C4COC(C)(C)O[C@H]4[C@]2(O)[C@H]1NS(=O)(=O)c1ccc([N+](=O)[O-])cc1)C(C)(C)[C@H](C)C[C@H]3C. The first-order valence-electron chi connectivity index (χ1n) is 13.6. The fourth-order valence-electron chi connectivity index (χ4n) is 7.37. The number of nitrogens with zero attached hydrogens (tertiary/aromatic N) is 1. The standard InChI is InChI=1S/C29H38N2O8S/c1-16-14-28-18(3)12-17(2)26(4,5)22(24(28)32)13-19-15-38-27(6,7)39-25(19)29(28,33)23(16)30-40(36,37)21-10-8-20(9-11-21)31(34)35/h8-11,13-14,17-18,22-23,25,30,33H,12,15H2,1-7H3/t17-,18-,22-,23+,25-,28+,29-/m1/s1. The number of nitrogens with one attached hydrogen (secondary N) is 1. The van der Waals surface area contributed by atoms with Gasteiger partial charge in [-0.3, -0.25) is 14.9 Å². The lowest BCUT2D eigenvalue weighted by atomic mass is 9.59. The third kappa shape index (κ3) is 3.96. The molecule has 1 heterocycles. The highest BCUT2D eigenvalue weighted by Gasteiger charge is 2.73. The smallest absolute Gasteiger partial charge is 0.269 e. The van der Waals surface area contributed by atoms with Crippen molar-refractivity contribution in [2.75, 3.05) is 6.61 Å². The van der Waals surface area contributed by atoms with E-state index in [0.29, 0.717) is 17.6 Å². The van der Waals surface area contributed by atoms with Crippen molar-refractivity contribution in [3.05, 3.63) is 57.7 Å². The van der Waals surface area contributed by atoms with Gasteiger partial charge in [-0.1, -0.05) is 45.4 Å². The minimum Gasteiger partial charge on any atom is -0.383 e. The summed E-state index contributed by atoms with van der Waals surface area (Å²) in [7, 11) is -4.29. The van der Waals surface area contributed by atoms with Gasteiger partial charge in [0.25, 0.3) is 5.69 Å². The number of Topliss-reactive ketones (excluding diaryl/α,β-unsaturated/α-hetero) is 1. The van der Waals surface area contributed by atoms with Gasteiger partial charge in [-0.25, -0.2) is 13.1 Å². The molecular weight excluding hydrogens is 536 g/mol. The lowest BCUT2D eigenvalue weighted by Crippen LogP contribution is -2.70. The first-order chi connectivity index (χ1) is 18.4. The molecule has 1 aromatic carbocycles. The van der Waals surface area contributed by atoms with Crippen molar-refractivity contribution in [1.29, 1.82) is 0 Å². The van der Waals surface area contributed by atoms with Gasteiger partial charge in [0, 0.05) is 18.1 Å². The van der Waals surface area contributed by atoms with E-state index in [2.05, 4.69) is 25.5 Å². The van der Waals surface area contributed by atoms with Crippen LogP contribution < -0.4 is 4.72 Å². The van der Waals surface area contributed by atoms with E-state index < -0.39 is 55.2 Å². The van der Waals surface area contributed by atoms with Crippen LogP contribution in [-0.4, -0.2) is 54.4 Å². The molecule has 218 valence electrons. The van der Waals surface area contributed by atoms with Crippen molar-refractivity contribution in [3.8, 4) is 0 Å². The molecule has 1 saturated carbocycles. The zero-order chi connectivity index (χ0) is 29.6. The number of fused-ring (bicyclic) bond motifs is 3. The Balaban J connectivity index is 1.70. The minimum absolute atomic E-state index is 0.125. The number of ether oxygens (including phenoxy) is 2. The van der Waals surface area contributed by atoms with Crippen molar-refractivity contribution in [2.24, 2.45) is 28.6 Å². The molecule has 2 fully saturated rings. The van der Waals surface area contributed by atoms with E-state index in [0.717, 1.165) is 24.3 Å². The Bertz CT molecular complexity index is 1430. The van der Waals surface area contributed by atoms with Gasteiger partial charge in [-0.2, -0.15) is 0 Å². The number of allylic oxidation sites excluding steroid dienone is 1. The topological polar surface area (TPSA) is 145 Å². The highest BCUT2D eigenvalue weighted by atomic mass is 32.2. The van der Waals surface area contributed by atoms with Gasteiger partial charge in [0.15, 0.2) is 11.6 Å². The summed E-state index contributed by atoms with van der Waals surface area (Å²) in [6, 6.07) is 3.32. The second-order valence-corrected chi connectivity index (χ2v) is 14.7. The van der Waals surface area contributed by atoms with Crippen molar-refractivity contribution in [3.63, 3.8) is 0 Å². The van der Waals surface area contributed by atoms with E-state index in [9.17, 15) is 28.4 Å². The predicted molar refractivity (Wildman–Crippen MR) is 147 cm³/mol. The number of non-ortho nitro benzene ring substituents is 1. The number of benzene rings is 1. The lowest BCUT2D eigenvalue weighted by molar-refractivity contribution is -0.384. The van der Waals surface area contributed by atoms with E-state index in [1.807, 2.05) is 13.0 Å². The van der Waals surface area contributed by atoms with Crippen LogP contribution in [0.5, 0.6) is 0 Å². The number of ketones is 1. The Labute approximate surface area is 235 Å². The van der Waals surface area contributed by atoms with Crippen LogP contribution in [0.2, 0.25) is 0 Å². The molecule has 1 aliphatic heterocycles. The van der Waals surface area contributed by atoms with Crippen LogP contribution in [0.1, 0.15) is 54.9 Å². The Hall–Kier alpha value is -2.44. The van der Waals surface area contributed by atoms with Crippen LogP contribution in [0.4, 0.5) is 5.69 Å². The summed E-state index contributed by atoms with van der Waals surface area (Å²) < 4.78 is 42.4. The zero-order valence-electron chi connectivity index (χ0n) is 23.9. The third-order valence-electron chi connectivity index (χ3n) is 10.00. The summed E-state index contributed by atoms with van der Waals surface area (Å²) in [6.45, 7) is 13.5. The van der Waals surface area contributed by atoms with E-state index in [1.54, 1.807) is 26.8 Å². The number of hydrogen-bond donors (Lipinski definition) is 2. The molecule has 0 unspecified atom stereocenters. The van der Waals surface area contributed by atoms with Gasteiger partial charge in [-0.05, 0) is 62.1 Å². The Kier molecular flexibility index (Phi) is 6.56. The molecule has 0 aromatic heterocycles. The predicted octanol–water partition coefficient (Wildman–Crippen LogP) is 3.90. The van der Waals surface area contributed by atoms with E-state index in [-0.39, 0.29) is 34.8 Å². The van der Waals surface area contributed by atoms with Gasteiger partial charge >= 0.3 is 0 Å². The normalized spacial score (nSPS) is 38.3. The number of aliphatic hydroxyl groups is 1. The fourth-order valence-corrected chi connectivity index (χ4v) is 8.68. The number of hydrogen-bond acceptors (Lipinski definition) is 8. The van der Waals surface area contributed by atoms with Crippen LogP contribution in [0.15, 0.2) is 52.5 Å². The zero-order valence-corrected chi connectivity index (χ0v) is 24.7. The van der Waals surface area contributed by atoms with E-state index >= 15 is 0 Å². The molecule has 5 rings (SSSR count). The minimum atomic E-state index is -4.29. The number of rotatable bonds is 4. The number of carbonyl (C=O) groups is 1.